The number of rotatable bonds is 4. The Morgan fingerprint density at radius 1 is 0.759 bits per heavy atom. The third kappa shape index (κ3) is 8.60. The molecule has 0 spiro atoms. The third-order valence-corrected chi connectivity index (χ3v) is 6.21. The molecule has 0 aromatic heterocycles. The van der Waals surface area contributed by atoms with Gasteiger partial charge in [0.2, 0.25) is 0 Å². The standard InChI is InChI=1S/2C13H19.2FH.Zr/c2*1-10(2)7-11-8-12-5-3-4-6-13(12)9-11;;;/h2*3-5,8,10-11,13H,6-7,9H2,1-2H3;2*1H;/q2*-1;;;+4/p-2. The van der Waals surface area contributed by atoms with Crippen molar-refractivity contribution in [3.05, 3.63) is 60.4 Å². The maximum Gasteiger partial charge on any atom is 4.00 e. The number of hydrogen-bond donors (Lipinski definition) is 0. The van der Waals surface area contributed by atoms with Crippen LogP contribution in [0.15, 0.2) is 47.6 Å². The molecule has 160 valence electrons. The molecule has 2 fully saturated rings. The molecule has 3 heteroatoms. The molecule has 0 bridgehead atoms. The average Bonchev–Trinajstić information content (AvgIpc) is 3.16. The molecule has 4 rings (SSSR count). The van der Waals surface area contributed by atoms with Crippen molar-refractivity contribution in [3.8, 4) is 0 Å². The van der Waals surface area contributed by atoms with Crippen LogP contribution in [-0.4, -0.2) is 0 Å². The van der Waals surface area contributed by atoms with Crippen molar-refractivity contribution < 1.29 is 35.6 Å². The SMILES string of the molecule is CC(C)CC1[CH-]C2=CC=CCC2C1.CC(C)CC1[CH-]C2=CC=CCC2C1.[F-].[F-].[Zr+4]. The zero-order valence-corrected chi connectivity index (χ0v) is 21.0. The Bertz CT molecular complexity index is 534. The Balaban J connectivity index is 0.000000490. The predicted octanol–water partition coefficient (Wildman–Crippen LogP) is 1.52. The molecule has 0 saturated heterocycles. The van der Waals surface area contributed by atoms with Crippen LogP contribution in [0, 0.1) is 48.3 Å². The molecule has 4 atom stereocenters. The smallest absolute Gasteiger partial charge is 1.00 e. The number of hydrogen-bond acceptors (Lipinski definition) is 0. The molecule has 0 radical (unpaired) electrons. The maximum absolute atomic E-state index is 2.51. The van der Waals surface area contributed by atoms with E-state index in [0.717, 1.165) is 35.5 Å². The van der Waals surface area contributed by atoms with Crippen LogP contribution in [0.4, 0.5) is 0 Å². The van der Waals surface area contributed by atoms with Gasteiger partial charge in [0.05, 0.1) is 0 Å². The topological polar surface area (TPSA) is 0 Å². The second-order valence-electron chi connectivity index (χ2n) is 9.64. The summed E-state index contributed by atoms with van der Waals surface area (Å²) in [6, 6.07) is 0. The fourth-order valence-corrected chi connectivity index (χ4v) is 5.19. The van der Waals surface area contributed by atoms with Gasteiger partial charge in [0, 0.05) is 0 Å². The van der Waals surface area contributed by atoms with Gasteiger partial charge in [0.25, 0.3) is 0 Å². The van der Waals surface area contributed by atoms with Gasteiger partial charge in [-0.1, -0.05) is 65.2 Å². The first-order valence-electron chi connectivity index (χ1n) is 10.9. The zero-order chi connectivity index (χ0) is 18.5. The molecular formula is C26H38F2Zr. The minimum atomic E-state index is 0. The molecule has 0 aromatic carbocycles. The van der Waals surface area contributed by atoms with Crippen molar-refractivity contribution in [2.45, 2.75) is 66.2 Å². The first-order valence-corrected chi connectivity index (χ1v) is 10.9. The molecule has 4 aliphatic rings. The van der Waals surface area contributed by atoms with Crippen LogP contribution in [0.5, 0.6) is 0 Å². The maximum atomic E-state index is 2.51. The van der Waals surface area contributed by atoms with Gasteiger partial charge in [-0.25, -0.2) is 36.1 Å². The van der Waals surface area contributed by atoms with Crippen LogP contribution >= 0.6 is 0 Å². The van der Waals surface area contributed by atoms with E-state index in [4.69, 9.17) is 0 Å². The summed E-state index contributed by atoms with van der Waals surface area (Å²) in [7, 11) is 0. The van der Waals surface area contributed by atoms with Crippen molar-refractivity contribution in [2.75, 3.05) is 0 Å². The van der Waals surface area contributed by atoms with Crippen LogP contribution in [0.1, 0.15) is 66.2 Å². The molecule has 0 heterocycles. The monoisotopic (exact) mass is 478 g/mol. The van der Waals surface area contributed by atoms with Crippen LogP contribution < -0.4 is 9.41 Å². The van der Waals surface area contributed by atoms with E-state index in [1.807, 2.05) is 0 Å². The molecule has 0 aliphatic heterocycles. The van der Waals surface area contributed by atoms with Crippen molar-refractivity contribution in [1.29, 1.82) is 0 Å². The number of halogens is 2. The van der Waals surface area contributed by atoms with Gasteiger partial charge in [-0.3, -0.25) is 0 Å². The van der Waals surface area contributed by atoms with Gasteiger partial charge in [0.1, 0.15) is 0 Å². The summed E-state index contributed by atoms with van der Waals surface area (Å²) in [4.78, 5) is 0. The Morgan fingerprint density at radius 3 is 1.45 bits per heavy atom. The minimum Gasteiger partial charge on any atom is -1.00 e. The Labute approximate surface area is 197 Å². The van der Waals surface area contributed by atoms with E-state index in [2.05, 4.69) is 77.0 Å². The van der Waals surface area contributed by atoms with E-state index in [-0.39, 0.29) is 35.6 Å². The van der Waals surface area contributed by atoms with Crippen molar-refractivity contribution in [3.63, 3.8) is 0 Å². The summed E-state index contributed by atoms with van der Waals surface area (Å²) in [5.74, 6) is 5.11. The van der Waals surface area contributed by atoms with E-state index in [1.165, 1.54) is 38.5 Å². The molecule has 29 heavy (non-hydrogen) atoms. The molecule has 0 aromatic rings. The summed E-state index contributed by atoms with van der Waals surface area (Å²) in [6.07, 6.45) is 26.7. The molecule has 0 nitrogen and oxygen atoms in total. The van der Waals surface area contributed by atoms with E-state index >= 15 is 0 Å². The van der Waals surface area contributed by atoms with Crippen LogP contribution in [0.3, 0.4) is 0 Å². The normalized spacial score (nSPS) is 28.2. The Kier molecular flexibility index (Phi) is 13.4. The van der Waals surface area contributed by atoms with Gasteiger partial charge in [0.15, 0.2) is 0 Å². The van der Waals surface area contributed by atoms with Gasteiger partial charge in [-0.05, 0) is 36.5 Å². The average molecular weight is 480 g/mol. The molecule has 4 unspecified atom stereocenters. The van der Waals surface area contributed by atoms with Gasteiger partial charge in [-0.2, -0.15) is 0 Å². The van der Waals surface area contributed by atoms with Crippen molar-refractivity contribution >= 4 is 0 Å². The van der Waals surface area contributed by atoms with E-state index in [9.17, 15) is 0 Å². The largest absolute Gasteiger partial charge is 4.00 e. The molecule has 0 N–H and O–H groups in total. The zero-order valence-electron chi connectivity index (χ0n) is 18.6. The molecule has 4 aliphatic carbocycles. The second-order valence-corrected chi connectivity index (χ2v) is 9.64. The Hall–Kier alpha value is -0.557. The quantitative estimate of drug-likeness (QED) is 0.537. The fraction of sp³-hybridized carbons (Fsp3) is 0.615. The first-order chi connectivity index (χ1) is 12.5. The molecular weight excluding hydrogens is 442 g/mol. The third-order valence-electron chi connectivity index (χ3n) is 6.21. The van der Waals surface area contributed by atoms with E-state index in [0.29, 0.717) is 0 Å². The summed E-state index contributed by atoms with van der Waals surface area (Å²) in [5.41, 5.74) is 3.21. The number of allylic oxidation sites excluding steroid dienone is 8. The van der Waals surface area contributed by atoms with Gasteiger partial charge in [-0.15, -0.1) is 24.3 Å². The van der Waals surface area contributed by atoms with E-state index in [1.54, 1.807) is 11.1 Å². The summed E-state index contributed by atoms with van der Waals surface area (Å²) in [5, 5.41) is 0. The minimum absolute atomic E-state index is 0. The van der Waals surface area contributed by atoms with Gasteiger partial charge < -0.3 is 9.41 Å². The van der Waals surface area contributed by atoms with Crippen molar-refractivity contribution in [2.24, 2.45) is 35.5 Å². The Morgan fingerprint density at radius 2 is 1.14 bits per heavy atom. The number of fused-ring (bicyclic) bond motifs is 2. The summed E-state index contributed by atoms with van der Waals surface area (Å²) in [6.45, 7) is 9.29. The van der Waals surface area contributed by atoms with Crippen molar-refractivity contribution in [1.82, 2.24) is 0 Å². The van der Waals surface area contributed by atoms with Crippen LogP contribution in [0.25, 0.3) is 0 Å². The summed E-state index contributed by atoms with van der Waals surface area (Å²) >= 11 is 0. The van der Waals surface area contributed by atoms with Crippen LogP contribution in [-0.2, 0) is 26.2 Å². The van der Waals surface area contributed by atoms with Gasteiger partial charge >= 0.3 is 26.2 Å². The van der Waals surface area contributed by atoms with Crippen LogP contribution in [0.2, 0.25) is 0 Å². The molecule has 2 saturated carbocycles. The fourth-order valence-electron chi connectivity index (χ4n) is 5.19. The predicted molar refractivity (Wildman–Crippen MR) is 114 cm³/mol. The molecule has 0 amide bonds. The first kappa shape index (κ1) is 28.4. The van der Waals surface area contributed by atoms with E-state index < -0.39 is 0 Å². The summed E-state index contributed by atoms with van der Waals surface area (Å²) < 4.78 is 0. The second kappa shape index (κ2) is 13.7.